The summed E-state index contributed by atoms with van der Waals surface area (Å²) in [7, 11) is 0. The van der Waals surface area contributed by atoms with E-state index in [1.54, 1.807) is 30.3 Å². The van der Waals surface area contributed by atoms with Crippen molar-refractivity contribution in [3.05, 3.63) is 53.9 Å². The zero-order valence-electron chi connectivity index (χ0n) is 10.7. The van der Waals surface area contributed by atoms with Gasteiger partial charge in [0.25, 0.3) is 0 Å². The number of benzene rings is 2. The number of hydrogen-bond donors (Lipinski definition) is 4. The fraction of sp³-hybridized carbons (Fsp3) is 0.133. The summed E-state index contributed by atoms with van der Waals surface area (Å²) in [6.45, 7) is 0. The topological polar surface area (TPSA) is 95.2 Å². The first-order chi connectivity index (χ1) is 9.61. The van der Waals surface area contributed by atoms with Crippen molar-refractivity contribution in [3.8, 4) is 11.5 Å². The molecular formula is C15H15N3O2. The van der Waals surface area contributed by atoms with Gasteiger partial charge in [0.1, 0.15) is 17.3 Å². The van der Waals surface area contributed by atoms with Crippen LogP contribution in [-0.4, -0.2) is 20.2 Å². The standard InChI is InChI=1S/C15H15N3O2/c16-12(7-9-1-3-10(19)4-2-9)15-17-13-6-5-11(20)8-14(13)18-15/h1-6,8,12,19-20H,7,16H2,(H,17,18). The Balaban J connectivity index is 1.84. The maximum Gasteiger partial charge on any atom is 0.124 e. The second-order valence-corrected chi connectivity index (χ2v) is 4.80. The Morgan fingerprint density at radius 3 is 2.50 bits per heavy atom. The zero-order chi connectivity index (χ0) is 14.1. The van der Waals surface area contributed by atoms with E-state index < -0.39 is 0 Å². The first kappa shape index (κ1) is 12.5. The number of fused-ring (bicyclic) bond motifs is 1. The Labute approximate surface area is 115 Å². The molecule has 1 unspecified atom stereocenters. The van der Waals surface area contributed by atoms with Crippen LogP contribution in [0.1, 0.15) is 17.4 Å². The molecule has 0 fully saturated rings. The lowest BCUT2D eigenvalue weighted by Gasteiger charge is -2.08. The first-order valence-corrected chi connectivity index (χ1v) is 6.34. The van der Waals surface area contributed by atoms with E-state index >= 15 is 0 Å². The number of phenols is 2. The smallest absolute Gasteiger partial charge is 0.124 e. The molecule has 0 saturated heterocycles. The molecule has 0 amide bonds. The van der Waals surface area contributed by atoms with E-state index in [0.717, 1.165) is 16.6 Å². The van der Waals surface area contributed by atoms with Gasteiger partial charge < -0.3 is 20.9 Å². The highest BCUT2D eigenvalue weighted by molar-refractivity contribution is 5.76. The highest BCUT2D eigenvalue weighted by atomic mass is 16.3. The number of phenolic OH excluding ortho intramolecular Hbond substituents is 2. The summed E-state index contributed by atoms with van der Waals surface area (Å²) in [6.07, 6.45) is 0.617. The molecule has 1 aromatic heterocycles. The average molecular weight is 269 g/mol. The summed E-state index contributed by atoms with van der Waals surface area (Å²) in [4.78, 5) is 7.55. The van der Waals surface area contributed by atoms with Crippen LogP contribution < -0.4 is 5.73 Å². The lowest BCUT2D eigenvalue weighted by atomic mass is 10.1. The van der Waals surface area contributed by atoms with Crippen molar-refractivity contribution >= 4 is 11.0 Å². The predicted molar refractivity (Wildman–Crippen MR) is 76.5 cm³/mol. The Morgan fingerprint density at radius 2 is 1.75 bits per heavy atom. The summed E-state index contributed by atoms with van der Waals surface area (Å²) in [6, 6.07) is 11.6. The summed E-state index contributed by atoms with van der Waals surface area (Å²) in [5.41, 5.74) is 8.72. The molecule has 0 aliphatic rings. The fourth-order valence-corrected chi connectivity index (χ4v) is 2.18. The molecule has 1 heterocycles. The lowest BCUT2D eigenvalue weighted by Crippen LogP contribution is -2.14. The molecule has 102 valence electrons. The molecule has 5 N–H and O–H groups in total. The molecule has 5 nitrogen and oxygen atoms in total. The molecule has 0 aliphatic carbocycles. The Morgan fingerprint density at radius 1 is 1.05 bits per heavy atom. The molecule has 3 rings (SSSR count). The summed E-state index contributed by atoms with van der Waals surface area (Å²) < 4.78 is 0. The number of imidazole rings is 1. The van der Waals surface area contributed by atoms with Gasteiger partial charge in [-0.05, 0) is 36.2 Å². The molecule has 2 aromatic carbocycles. The van der Waals surface area contributed by atoms with Crippen LogP contribution in [0.3, 0.4) is 0 Å². The molecule has 0 radical (unpaired) electrons. The maximum absolute atomic E-state index is 9.44. The van der Waals surface area contributed by atoms with Crippen molar-refractivity contribution in [2.75, 3.05) is 0 Å². The third kappa shape index (κ3) is 2.44. The normalized spacial score (nSPS) is 12.7. The van der Waals surface area contributed by atoms with E-state index in [0.29, 0.717) is 12.2 Å². The predicted octanol–water partition coefficient (Wildman–Crippen LogP) is 2.22. The lowest BCUT2D eigenvalue weighted by molar-refractivity contribution is 0.474. The summed E-state index contributed by atoms with van der Waals surface area (Å²) in [5, 5.41) is 18.7. The number of aromatic hydroxyl groups is 2. The molecule has 3 aromatic rings. The van der Waals surface area contributed by atoms with Crippen molar-refractivity contribution in [2.45, 2.75) is 12.5 Å². The van der Waals surface area contributed by atoms with Crippen LogP contribution in [0.25, 0.3) is 11.0 Å². The zero-order valence-corrected chi connectivity index (χ0v) is 10.7. The van der Waals surface area contributed by atoms with Crippen molar-refractivity contribution < 1.29 is 10.2 Å². The molecule has 20 heavy (non-hydrogen) atoms. The number of rotatable bonds is 3. The molecule has 0 aliphatic heterocycles. The van der Waals surface area contributed by atoms with Crippen molar-refractivity contribution in [1.29, 1.82) is 0 Å². The third-order valence-corrected chi connectivity index (χ3v) is 3.23. The molecular weight excluding hydrogens is 254 g/mol. The van der Waals surface area contributed by atoms with Crippen molar-refractivity contribution in [2.24, 2.45) is 5.73 Å². The summed E-state index contributed by atoms with van der Waals surface area (Å²) in [5.74, 6) is 1.11. The van der Waals surface area contributed by atoms with E-state index in [1.165, 1.54) is 0 Å². The van der Waals surface area contributed by atoms with Gasteiger partial charge in [0.15, 0.2) is 0 Å². The molecule has 1 atom stereocenters. The van der Waals surface area contributed by atoms with E-state index in [2.05, 4.69) is 9.97 Å². The number of nitrogens with two attached hydrogens (primary N) is 1. The van der Waals surface area contributed by atoms with Gasteiger partial charge in [0.05, 0.1) is 17.1 Å². The van der Waals surface area contributed by atoms with E-state index in [9.17, 15) is 10.2 Å². The van der Waals surface area contributed by atoms with Crippen LogP contribution >= 0.6 is 0 Å². The molecule has 0 saturated carbocycles. The fourth-order valence-electron chi connectivity index (χ4n) is 2.18. The number of nitrogens with one attached hydrogen (secondary N) is 1. The van der Waals surface area contributed by atoms with Crippen molar-refractivity contribution in [1.82, 2.24) is 9.97 Å². The molecule has 0 spiro atoms. The first-order valence-electron chi connectivity index (χ1n) is 6.34. The van der Waals surface area contributed by atoms with Crippen LogP contribution in [0.2, 0.25) is 0 Å². The van der Waals surface area contributed by atoms with Crippen LogP contribution in [0.5, 0.6) is 11.5 Å². The maximum atomic E-state index is 9.44. The monoisotopic (exact) mass is 269 g/mol. The Bertz CT molecular complexity index is 734. The molecule has 5 heteroatoms. The highest BCUT2D eigenvalue weighted by Crippen LogP contribution is 2.21. The number of aromatic nitrogens is 2. The second-order valence-electron chi connectivity index (χ2n) is 4.80. The van der Waals surface area contributed by atoms with Gasteiger partial charge >= 0.3 is 0 Å². The van der Waals surface area contributed by atoms with Crippen LogP contribution in [0.15, 0.2) is 42.5 Å². The summed E-state index contributed by atoms with van der Waals surface area (Å²) >= 11 is 0. The minimum Gasteiger partial charge on any atom is -0.508 e. The number of nitrogens with zero attached hydrogens (tertiary/aromatic N) is 1. The average Bonchev–Trinajstić information content (AvgIpc) is 2.84. The van der Waals surface area contributed by atoms with Crippen LogP contribution in [-0.2, 0) is 6.42 Å². The van der Waals surface area contributed by atoms with E-state index in [-0.39, 0.29) is 17.5 Å². The molecule has 0 bridgehead atoms. The second kappa shape index (κ2) is 4.86. The van der Waals surface area contributed by atoms with E-state index in [4.69, 9.17) is 5.73 Å². The van der Waals surface area contributed by atoms with Gasteiger partial charge in [-0.25, -0.2) is 4.98 Å². The number of H-pyrrole nitrogens is 1. The largest absolute Gasteiger partial charge is 0.508 e. The van der Waals surface area contributed by atoms with Gasteiger partial charge in [0.2, 0.25) is 0 Å². The van der Waals surface area contributed by atoms with Gasteiger partial charge in [-0.15, -0.1) is 0 Å². The Kier molecular flexibility index (Phi) is 3.04. The van der Waals surface area contributed by atoms with Crippen LogP contribution in [0.4, 0.5) is 0 Å². The van der Waals surface area contributed by atoms with Crippen LogP contribution in [0, 0.1) is 0 Å². The van der Waals surface area contributed by atoms with Gasteiger partial charge in [-0.1, -0.05) is 12.1 Å². The van der Waals surface area contributed by atoms with Gasteiger partial charge in [-0.2, -0.15) is 0 Å². The van der Waals surface area contributed by atoms with E-state index in [1.807, 2.05) is 12.1 Å². The van der Waals surface area contributed by atoms with Gasteiger partial charge in [0, 0.05) is 6.07 Å². The Hall–Kier alpha value is -2.53. The minimum absolute atomic E-state index is 0.194. The quantitative estimate of drug-likeness (QED) is 0.586. The SMILES string of the molecule is NC(Cc1ccc(O)cc1)c1nc2ccc(O)cc2[nH]1. The van der Waals surface area contributed by atoms with Gasteiger partial charge in [-0.3, -0.25) is 0 Å². The third-order valence-electron chi connectivity index (χ3n) is 3.23. The highest BCUT2D eigenvalue weighted by Gasteiger charge is 2.12. The number of hydrogen-bond acceptors (Lipinski definition) is 4. The minimum atomic E-state index is -0.269. The number of aromatic amines is 1. The van der Waals surface area contributed by atoms with Crippen molar-refractivity contribution in [3.63, 3.8) is 0 Å².